The zero-order valence-electron chi connectivity index (χ0n) is 22.6. The zero-order valence-corrected chi connectivity index (χ0v) is 23.3. The summed E-state index contributed by atoms with van der Waals surface area (Å²) in [6, 6.07) is 27.2. The van der Waals surface area contributed by atoms with Crippen LogP contribution in [0.4, 0.5) is 11.4 Å². The quantitative estimate of drug-likeness (QED) is 0.0800. The molecule has 1 amide bonds. The van der Waals surface area contributed by atoms with Gasteiger partial charge in [0.1, 0.15) is 30.6 Å². The van der Waals surface area contributed by atoms with Gasteiger partial charge in [0.2, 0.25) is 0 Å². The van der Waals surface area contributed by atoms with Crippen molar-refractivity contribution in [1.29, 1.82) is 5.26 Å². The van der Waals surface area contributed by atoms with Gasteiger partial charge in [-0.15, -0.1) is 0 Å². The summed E-state index contributed by atoms with van der Waals surface area (Å²) < 4.78 is 17.3. The number of carbonyl (C=O) groups is 1. The minimum atomic E-state index is -0.566. The van der Waals surface area contributed by atoms with E-state index in [1.54, 1.807) is 66.7 Å². The van der Waals surface area contributed by atoms with Crippen molar-refractivity contribution >= 4 is 35.0 Å². The third-order valence-corrected chi connectivity index (χ3v) is 6.17. The van der Waals surface area contributed by atoms with E-state index >= 15 is 0 Å². The van der Waals surface area contributed by atoms with E-state index in [2.05, 4.69) is 5.32 Å². The minimum absolute atomic E-state index is 0.00139. The second kappa shape index (κ2) is 14.3. The number of halogens is 1. The molecule has 212 valence electrons. The minimum Gasteiger partial charge on any atom is -0.490 e. The first kappa shape index (κ1) is 29.6. The van der Waals surface area contributed by atoms with Crippen LogP contribution in [0.5, 0.6) is 17.2 Å². The molecule has 0 saturated carbocycles. The maximum absolute atomic E-state index is 12.8. The number of nitro benzene ring substituents is 1. The van der Waals surface area contributed by atoms with E-state index in [9.17, 15) is 20.2 Å². The Morgan fingerprint density at radius 3 is 2.17 bits per heavy atom. The van der Waals surface area contributed by atoms with Gasteiger partial charge >= 0.3 is 0 Å². The number of hydrogen-bond acceptors (Lipinski definition) is 7. The molecule has 0 bridgehead atoms. The summed E-state index contributed by atoms with van der Waals surface area (Å²) in [7, 11) is 0. The number of non-ortho nitro benzene ring substituents is 1. The summed E-state index contributed by atoms with van der Waals surface area (Å²) >= 11 is 5.91. The van der Waals surface area contributed by atoms with Crippen LogP contribution in [0.3, 0.4) is 0 Å². The molecule has 0 heterocycles. The molecule has 0 radical (unpaired) electrons. The number of carbonyl (C=O) groups excluding carboxylic acids is 1. The summed E-state index contributed by atoms with van der Waals surface area (Å²) in [5.74, 6) is 0.941. The molecule has 0 aliphatic heterocycles. The summed E-state index contributed by atoms with van der Waals surface area (Å²) in [5, 5.41) is 23.9. The first-order valence-corrected chi connectivity index (χ1v) is 13.3. The second-order valence-corrected chi connectivity index (χ2v) is 9.35. The van der Waals surface area contributed by atoms with Gasteiger partial charge in [-0.05, 0) is 90.4 Å². The van der Waals surface area contributed by atoms with Crippen LogP contribution in [-0.4, -0.2) is 17.4 Å². The van der Waals surface area contributed by atoms with Gasteiger partial charge in [-0.25, -0.2) is 0 Å². The molecule has 1 N–H and O–H groups in total. The highest BCUT2D eigenvalue weighted by Gasteiger charge is 2.13. The van der Waals surface area contributed by atoms with E-state index in [1.165, 1.54) is 18.2 Å². The van der Waals surface area contributed by atoms with Gasteiger partial charge in [-0.3, -0.25) is 14.9 Å². The van der Waals surface area contributed by atoms with Gasteiger partial charge in [0.15, 0.2) is 11.5 Å². The highest BCUT2D eigenvalue weighted by Crippen LogP contribution is 2.30. The van der Waals surface area contributed by atoms with Crippen LogP contribution in [-0.2, 0) is 18.0 Å². The fourth-order valence-corrected chi connectivity index (χ4v) is 3.90. The van der Waals surface area contributed by atoms with Crippen LogP contribution in [0.15, 0.2) is 96.6 Å². The van der Waals surface area contributed by atoms with Gasteiger partial charge in [0, 0.05) is 22.8 Å². The molecule has 4 rings (SSSR count). The molecule has 9 nitrogen and oxygen atoms in total. The molecular formula is C32H26ClN3O6. The molecule has 0 unspecified atom stereocenters. The Labute approximate surface area is 247 Å². The molecule has 0 atom stereocenters. The van der Waals surface area contributed by atoms with Crippen LogP contribution >= 0.6 is 11.6 Å². The van der Waals surface area contributed by atoms with Crippen molar-refractivity contribution in [1.82, 2.24) is 0 Å². The fraction of sp³-hybridized carbons (Fsp3) is 0.125. The van der Waals surface area contributed by atoms with Crippen LogP contribution in [0, 0.1) is 21.4 Å². The molecule has 0 spiro atoms. The molecule has 0 fully saturated rings. The summed E-state index contributed by atoms with van der Waals surface area (Å²) in [6.07, 6.45) is 1.46. The first-order valence-electron chi connectivity index (χ1n) is 12.9. The fourth-order valence-electron chi connectivity index (χ4n) is 3.77. The third kappa shape index (κ3) is 8.34. The van der Waals surface area contributed by atoms with E-state index in [0.29, 0.717) is 46.7 Å². The number of rotatable bonds is 12. The van der Waals surface area contributed by atoms with E-state index in [0.717, 1.165) is 11.1 Å². The maximum atomic E-state index is 12.8. The van der Waals surface area contributed by atoms with Crippen LogP contribution in [0.25, 0.3) is 6.08 Å². The topological polar surface area (TPSA) is 124 Å². The summed E-state index contributed by atoms with van der Waals surface area (Å²) in [6.45, 7) is 2.73. The molecule has 0 saturated heterocycles. The predicted octanol–water partition coefficient (Wildman–Crippen LogP) is 7.35. The maximum Gasteiger partial charge on any atom is 0.269 e. The average Bonchev–Trinajstić information content (AvgIpc) is 3.00. The lowest BCUT2D eigenvalue weighted by molar-refractivity contribution is -0.384. The van der Waals surface area contributed by atoms with Crippen LogP contribution in [0.2, 0.25) is 5.02 Å². The Morgan fingerprint density at radius 1 is 0.905 bits per heavy atom. The van der Waals surface area contributed by atoms with E-state index in [1.807, 2.05) is 25.1 Å². The van der Waals surface area contributed by atoms with Crippen molar-refractivity contribution in [3.05, 3.63) is 128 Å². The highest BCUT2D eigenvalue weighted by atomic mass is 35.5. The van der Waals surface area contributed by atoms with E-state index < -0.39 is 10.8 Å². The summed E-state index contributed by atoms with van der Waals surface area (Å²) in [4.78, 5) is 23.2. The van der Waals surface area contributed by atoms with Gasteiger partial charge in [-0.1, -0.05) is 29.8 Å². The van der Waals surface area contributed by atoms with E-state index in [4.69, 9.17) is 25.8 Å². The number of nitrogens with one attached hydrogen (secondary N) is 1. The lowest BCUT2D eigenvalue weighted by Crippen LogP contribution is -2.13. The number of nitro groups is 1. The van der Waals surface area contributed by atoms with Crippen molar-refractivity contribution in [2.45, 2.75) is 20.1 Å². The molecule has 0 aromatic heterocycles. The molecule has 0 aliphatic carbocycles. The van der Waals surface area contributed by atoms with Gasteiger partial charge in [0.25, 0.3) is 11.6 Å². The lowest BCUT2D eigenvalue weighted by atomic mass is 10.1. The van der Waals surface area contributed by atoms with Crippen molar-refractivity contribution < 1.29 is 23.9 Å². The number of nitriles is 1. The van der Waals surface area contributed by atoms with Crippen molar-refractivity contribution in [2.24, 2.45) is 0 Å². The molecule has 4 aromatic carbocycles. The Hall–Kier alpha value is -5.33. The average molecular weight is 584 g/mol. The Kier molecular flexibility index (Phi) is 10.1. The number of benzene rings is 4. The summed E-state index contributed by atoms with van der Waals surface area (Å²) in [5.41, 5.74) is 2.69. The van der Waals surface area contributed by atoms with Crippen molar-refractivity contribution in [3.63, 3.8) is 0 Å². The van der Waals surface area contributed by atoms with Crippen LogP contribution < -0.4 is 19.5 Å². The third-order valence-electron chi connectivity index (χ3n) is 5.92. The van der Waals surface area contributed by atoms with Crippen molar-refractivity contribution in [2.75, 3.05) is 11.9 Å². The number of amides is 1. The SMILES string of the molecule is CCOc1cc(/C=C(\C#N)C(=O)Nc2ccc(OCc3ccc(Cl)cc3)cc2)ccc1OCc1ccc([N+](=O)[O-])cc1. The smallest absolute Gasteiger partial charge is 0.269 e. The molecule has 10 heteroatoms. The highest BCUT2D eigenvalue weighted by molar-refractivity contribution is 6.30. The largest absolute Gasteiger partial charge is 0.490 e. The number of nitrogens with zero attached hydrogens (tertiary/aromatic N) is 2. The van der Waals surface area contributed by atoms with Crippen molar-refractivity contribution in [3.8, 4) is 23.3 Å². The molecular weight excluding hydrogens is 558 g/mol. The molecule has 42 heavy (non-hydrogen) atoms. The first-order chi connectivity index (χ1) is 20.3. The Balaban J connectivity index is 1.39. The van der Waals surface area contributed by atoms with E-state index in [-0.39, 0.29) is 17.9 Å². The Morgan fingerprint density at radius 2 is 1.55 bits per heavy atom. The zero-order chi connectivity index (χ0) is 29.9. The molecule has 4 aromatic rings. The number of ether oxygens (including phenoxy) is 3. The molecule has 0 aliphatic rings. The van der Waals surface area contributed by atoms with Crippen LogP contribution in [0.1, 0.15) is 23.6 Å². The lowest BCUT2D eigenvalue weighted by Gasteiger charge is -2.13. The predicted molar refractivity (Wildman–Crippen MR) is 159 cm³/mol. The monoisotopic (exact) mass is 583 g/mol. The van der Waals surface area contributed by atoms with Gasteiger partial charge in [-0.2, -0.15) is 5.26 Å². The second-order valence-electron chi connectivity index (χ2n) is 8.91. The Bertz CT molecular complexity index is 1610. The normalized spacial score (nSPS) is 10.8. The van der Waals surface area contributed by atoms with Gasteiger partial charge in [0.05, 0.1) is 11.5 Å². The van der Waals surface area contributed by atoms with Gasteiger partial charge < -0.3 is 19.5 Å². The number of anilines is 1. The number of hydrogen-bond donors (Lipinski definition) is 1. The standard InChI is InChI=1S/C32H26ClN3O6/c1-2-40-31-18-24(7-16-30(31)42-21-23-5-12-28(13-6-23)36(38)39)17-25(19-34)32(37)35-27-10-14-29(15-11-27)41-20-22-3-8-26(33)9-4-22/h3-18H,2,20-21H2,1H3,(H,35,37)/b25-17+.